The lowest BCUT2D eigenvalue weighted by Crippen LogP contribution is -1.99. The topological polar surface area (TPSA) is 26.3 Å². The summed E-state index contributed by atoms with van der Waals surface area (Å²) < 4.78 is 4.91. The fraction of sp³-hybridized carbons (Fsp3) is 0.591. The van der Waals surface area contributed by atoms with Gasteiger partial charge in [-0.2, -0.15) is 0 Å². The van der Waals surface area contributed by atoms with Gasteiger partial charge in [-0.3, -0.25) is 4.79 Å². The minimum atomic E-state index is -0.232. The van der Waals surface area contributed by atoms with Crippen LogP contribution in [-0.4, -0.2) is 18.0 Å². The molecule has 0 aliphatic carbocycles. The van der Waals surface area contributed by atoms with Crippen molar-refractivity contribution in [2.75, 3.05) is 6.61 Å². The Kier molecular flexibility index (Phi) is 13.2. The van der Waals surface area contributed by atoms with E-state index in [1.165, 1.54) is 23.6 Å². The fourth-order valence-corrected chi connectivity index (χ4v) is 2.41. The summed E-state index contributed by atoms with van der Waals surface area (Å²) in [4.78, 5) is 10.7. The van der Waals surface area contributed by atoms with Crippen LogP contribution < -0.4 is 0 Å². The predicted molar refractivity (Wildman–Crippen MR) is 110 cm³/mol. The summed E-state index contributed by atoms with van der Waals surface area (Å²) in [6.07, 6.45) is 12.8. The Morgan fingerprint density at radius 3 is 1.88 bits per heavy atom. The van der Waals surface area contributed by atoms with Gasteiger partial charge in [-0.1, -0.05) is 41.0 Å². The molecule has 1 unspecified atom stereocenters. The number of halogens is 1. The molecular weight excluding hydrogens is 332 g/mol. The molecule has 0 bridgehead atoms. The highest BCUT2D eigenvalue weighted by atomic mass is 35.5. The van der Waals surface area contributed by atoms with Gasteiger partial charge in [-0.25, -0.2) is 0 Å². The van der Waals surface area contributed by atoms with E-state index in [9.17, 15) is 4.79 Å². The van der Waals surface area contributed by atoms with Crippen LogP contribution in [0.1, 0.15) is 73.1 Å². The van der Waals surface area contributed by atoms with E-state index in [4.69, 9.17) is 16.3 Å². The van der Waals surface area contributed by atoms with Gasteiger partial charge in [0.15, 0.2) is 0 Å². The third kappa shape index (κ3) is 14.7. The second-order valence-electron chi connectivity index (χ2n) is 6.88. The number of hydrogen-bond donors (Lipinski definition) is 0. The molecule has 0 aliphatic rings. The zero-order valence-electron chi connectivity index (χ0n) is 16.7. The Balaban J connectivity index is 4.02. The molecular formula is C22H35ClO2. The molecule has 0 aromatic heterocycles. The first-order valence-electron chi connectivity index (χ1n) is 9.12. The van der Waals surface area contributed by atoms with Crippen molar-refractivity contribution in [3.05, 3.63) is 47.1 Å². The fourth-order valence-electron chi connectivity index (χ4n) is 2.30. The second-order valence-corrected chi connectivity index (χ2v) is 7.41. The van der Waals surface area contributed by atoms with Crippen LogP contribution in [0.4, 0.5) is 0 Å². The molecule has 0 aliphatic heterocycles. The van der Waals surface area contributed by atoms with Crippen molar-refractivity contribution in [1.82, 2.24) is 0 Å². The second kappa shape index (κ2) is 13.9. The van der Waals surface area contributed by atoms with Crippen molar-refractivity contribution in [1.29, 1.82) is 0 Å². The normalized spacial score (nSPS) is 14.4. The molecule has 0 radical (unpaired) electrons. The molecule has 0 fully saturated rings. The predicted octanol–water partition coefficient (Wildman–Crippen LogP) is 6.91. The summed E-state index contributed by atoms with van der Waals surface area (Å²) in [6, 6.07) is 0. The number of rotatable bonds is 12. The van der Waals surface area contributed by atoms with Crippen LogP contribution >= 0.6 is 11.6 Å². The maximum atomic E-state index is 10.7. The van der Waals surface area contributed by atoms with E-state index >= 15 is 0 Å². The molecule has 2 nitrogen and oxygen atoms in total. The van der Waals surface area contributed by atoms with Gasteiger partial charge in [0.25, 0.3) is 0 Å². The molecule has 0 N–H and O–H groups in total. The molecule has 0 rings (SSSR count). The van der Waals surface area contributed by atoms with Gasteiger partial charge in [-0.15, -0.1) is 11.6 Å². The maximum Gasteiger partial charge on any atom is 0.302 e. The van der Waals surface area contributed by atoms with E-state index in [2.05, 4.69) is 39.5 Å². The minimum Gasteiger partial charge on any atom is -0.462 e. The maximum absolute atomic E-state index is 10.7. The Bertz CT molecular complexity index is 512. The first-order valence-corrected chi connectivity index (χ1v) is 9.55. The van der Waals surface area contributed by atoms with Crippen LogP contribution in [0.25, 0.3) is 0 Å². The van der Waals surface area contributed by atoms with Crippen LogP contribution in [0, 0.1) is 0 Å². The highest BCUT2D eigenvalue weighted by Crippen LogP contribution is 2.18. The van der Waals surface area contributed by atoms with Crippen molar-refractivity contribution in [2.24, 2.45) is 0 Å². The first kappa shape index (κ1) is 23.7. The van der Waals surface area contributed by atoms with Crippen molar-refractivity contribution in [2.45, 2.75) is 78.5 Å². The van der Waals surface area contributed by atoms with Gasteiger partial charge in [0.1, 0.15) is 6.61 Å². The number of carbonyl (C=O) groups is 1. The number of esters is 1. The van der Waals surface area contributed by atoms with Crippen molar-refractivity contribution < 1.29 is 9.53 Å². The van der Waals surface area contributed by atoms with Crippen LogP contribution in [0.2, 0.25) is 0 Å². The summed E-state index contributed by atoms with van der Waals surface area (Å²) in [5, 5.41) is 0.0853. The van der Waals surface area contributed by atoms with Crippen LogP contribution in [0.15, 0.2) is 47.1 Å². The summed E-state index contributed by atoms with van der Waals surface area (Å²) in [7, 11) is 0. The minimum absolute atomic E-state index is 0.0853. The quantitative estimate of drug-likeness (QED) is 0.213. The zero-order chi connectivity index (χ0) is 19.2. The van der Waals surface area contributed by atoms with Crippen molar-refractivity contribution >= 4 is 17.6 Å². The largest absolute Gasteiger partial charge is 0.462 e. The summed E-state index contributed by atoms with van der Waals surface area (Å²) in [6.45, 7) is 14.1. The average Bonchev–Trinajstić information content (AvgIpc) is 2.52. The van der Waals surface area contributed by atoms with Gasteiger partial charge in [0.05, 0.1) is 5.38 Å². The molecule has 3 heteroatoms. The first-order chi connectivity index (χ1) is 11.7. The SMILES string of the molecule is C=C(C)C(Cl)CC/C(C)=C/CC/C(C)=C/CC/C(C)=C/COC(C)=O. The van der Waals surface area contributed by atoms with Crippen LogP contribution in [0.5, 0.6) is 0 Å². The molecule has 0 amide bonds. The standard InChI is InChI=1S/C22H35ClO2/c1-17(2)22(23)14-13-19(4)11-7-9-18(3)10-8-12-20(5)15-16-25-21(6)24/h10-11,15,22H,1,7-9,12-14,16H2,2-6H3/b18-10+,19-11+,20-15+. The van der Waals surface area contributed by atoms with E-state index < -0.39 is 0 Å². The molecule has 0 saturated carbocycles. The number of ether oxygens (including phenoxy) is 1. The summed E-state index contributed by atoms with van der Waals surface area (Å²) in [5.41, 5.74) is 5.14. The number of carbonyl (C=O) groups excluding carboxylic acids is 1. The van der Waals surface area contributed by atoms with E-state index in [-0.39, 0.29) is 11.3 Å². The molecule has 0 aromatic rings. The Hall–Kier alpha value is -1.28. The Morgan fingerprint density at radius 1 is 0.920 bits per heavy atom. The molecule has 1 atom stereocenters. The van der Waals surface area contributed by atoms with Gasteiger partial charge < -0.3 is 4.74 Å². The van der Waals surface area contributed by atoms with Gasteiger partial charge >= 0.3 is 5.97 Å². The van der Waals surface area contributed by atoms with E-state index in [0.717, 1.165) is 44.1 Å². The highest BCUT2D eigenvalue weighted by molar-refractivity contribution is 6.22. The van der Waals surface area contributed by atoms with E-state index in [1.54, 1.807) is 0 Å². The van der Waals surface area contributed by atoms with Crippen molar-refractivity contribution in [3.63, 3.8) is 0 Å². The summed E-state index contributed by atoms with van der Waals surface area (Å²) in [5.74, 6) is -0.232. The zero-order valence-corrected chi connectivity index (χ0v) is 17.4. The van der Waals surface area contributed by atoms with Crippen LogP contribution in [0.3, 0.4) is 0 Å². The summed E-state index contributed by atoms with van der Waals surface area (Å²) >= 11 is 6.21. The average molecular weight is 367 g/mol. The monoisotopic (exact) mass is 366 g/mol. The number of hydrogen-bond acceptors (Lipinski definition) is 2. The smallest absolute Gasteiger partial charge is 0.302 e. The van der Waals surface area contributed by atoms with E-state index in [0.29, 0.717) is 6.61 Å². The molecule has 0 heterocycles. The molecule has 142 valence electrons. The molecule has 0 aromatic carbocycles. The Labute approximate surface area is 159 Å². The van der Waals surface area contributed by atoms with Gasteiger partial charge in [0, 0.05) is 6.92 Å². The highest BCUT2D eigenvalue weighted by Gasteiger charge is 2.04. The van der Waals surface area contributed by atoms with Crippen LogP contribution in [-0.2, 0) is 9.53 Å². The number of alkyl halides is 1. The molecule has 0 saturated heterocycles. The molecule has 0 spiro atoms. The van der Waals surface area contributed by atoms with Gasteiger partial charge in [0.2, 0.25) is 0 Å². The lowest BCUT2D eigenvalue weighted by atomic mass is 10.0. The lowest BCUT2D eigenvalue weighted by Gasteiger charge is -2.08. The third-order valence-corrected chi connectivity index (χ3v) is 4.70. The van der Waals surface area contributed by atoms with Crippen molar-refractivity contribution in [3.8, 4) is 0 Å². The Morgan fingerprint density at radius 2 is 1.40 bits per heavy atom. The number of allylic oxidation sites excluding steroid dienone is 6. The van der Waals surface area contributed by atoms with Gasteiger partial charge in [-0.05, 0) is 72.3 Å². The van der Waals surface area contributed by atoms with E-state index in [1.807, 2.05) is 13.0 Å². The lowest BCUT2D eigenvalue weighted by molar-refractivity contribution is -0.139. The third-order valence-electron chi connectivity index (χ3n) is 4.11. The molecule has 25 heavy (non-hydrogen) atoms.